The Kier molecular flexibility index (Phi) is 7.00. The minimum atomic E-state index is -0.907. The van der Waals surface area contributed by atoms with Crippen LogP contribution in [0.4, 0.5) is 13.2 Å². The van der Waals surface area contributed by atoms with Gasteiger partial charge in [0.1, 0.15) is 11.6 Å². The number of hydrogen-bond donors (Lipinski definition) is 0. The molecule has 0 N–H and O–H groups in total. The van der Waals surface area contributed by atoms with Gasteiger partial charge in [-0.15, -0.1) is 0 Å². The third-order valence-corrected chi connectivity index (χ3v) is 5.35. The zero-order valence-electron chi connectivity index (χ0n) is 18.3. The van der Waals surface area contributed by atoms with Crippen LogP contribution in [0.3, 0.4) is 0 Å². The van der Waals surface area contributed by atoms with Crippen molar-refractivity contribution in [2.24, 2.45) is 0 Å². The van der Waals surface area contributed by atoms with Crippen molar-refractivity contribution in [3.8, 4) is 17.6 Å². The Morgan fingerprint density at radius 1 is 0.667 bits per heavy atom. The molecule has 0 aromatic heterocycles. The van der Waals surface area contributed by atoms with Gasteiger partial charge in [0, 0.05) is 5.56 Å². The van der Waals surface area contributed by atoms with Gasteiger partial charge in [-0.25, -0.2) is 13.2 Å². The molecule has 0 bridgehead atoms. The first-order valence-electron chi connectivity index (χ1n) is 10.9. The highest BCUT2D eigenvalue weighted by atomic mass is 19.2. The van der Waals surface area contributed by atoms with Crippen LogP contribution in [0.5, 0.6) is 5.75 Å². The summed E-state index contributed by atoms with van der Waals surface area (Å²) in [4.78, 5) is 0. The smallest absolute Gasteiger partial charge is 0.159 e. The van der Waals surface area contributed by atoms with Gasteiger partial charge in [0.25, 0.3) is 0 Å². The van der Waals surface area contributed by atoms with Crippen LogP contribution in [0.25, 0.3) is 10.8 Å². The molecule has 1 nitrogen and oxygen atoms in total. The summed E-state index contributed by atoms with van der Waals surface area (Å²) in [5, 5.41) is 1.12. The third-order valence-electron chi connectivity index (χ3n) is 5.35. The van der Waals surface area contributed by atoms with E-state index in [0.717, 1.165) is 41.9 Å². The lowest BCUT2D eigenvalue weighted by Crippen LogP contribution is -1.96. The quantitative estimate of drug-likeness (QED) is 0.285. The Labute approximate surface area is 191 Å². The highest BCUT2D eigenvalue weighted by Gasteiger charge is 2.05. The van der Waals surface area contributed by atoms with Crippen molar-refractivity contribution >= 4 is 10.8 Å². The van der Waals surface area contributed by atoms with Gasteiger partial charge in [-0.05, 0) is 89.7 Å². The molecule has 0 unspecified atom stereocenters. The normalized spacial score (nSPS) is 10.7. The van der Waals surface area contributed by atoms with Gasteiger partial charge >= 0.3 is 0 Å². The molecule has 0 saturated carbocycles. The maximum absolute atomic E-state index is 14.6. The van der Waals surface area contributed by atoms with E-state index in [4.69, 9.17) is 4.74 Å². The van der Waals surface area contributed by atoms with Crippen LogP contribution >= 0.6 is 0 Å². The Morgan fingerprint density at radius 3 is 2.09 bits per heavy atom. The summed E-state index contributed by atoms with van der Waals surface area (Å²) >= 11 is 0. The average Bonchev–Trinajstić information content (AvgIpc) is 2.82. The average molecular weight is 444 g/mol. The second kappa shape index (κ2) is 10.3. The maximum Gasteiger partial charge on any atom is 0.159 e. The van der Waals surface area contributed by atoms with E-state index in [1.807, 2.05) is 30.3 Å². The molecule has 4 aromatic rings. The number of rotatable bonds is 6. The first-order chi connectivity index (χ1) is 16.0. The Hall–Kier alpha value is -3.71. The SMILES string of the molecule is CCCOc1ccc(CCc2ccc(C#Cc3ccc4cc(F)c(F)cc4c3)c(F)c2)cc1. The predicted octanol–water partition coefficient (Wildman–Crippen LogP) is 7.23. The van der Waals surface area contributed by atoms with Crippen molar-refractivity contribution in [2.45, 2.75) is 26.2 Å². The summed E-state index contributed by atoms with van der Waals surface area (Å²) in [5.74, 6) is 4.43. The second-order valence-corrected chi connectivity index (χ2v) is 7.88. The monoisotopic (exact) mass is 444 g/mol. The first kappa shape index (κ1) is 22.5. The van der Waals surface area contributed by atoms with Gasteiger partial charge in [0.05, 0.1) is 12.2 Å². The number of benzene rings is 4. The fraction of sp³-hybridized carbons (Fsp3) is 0.172. The second-order valence-electron chi connectivity index (χ2n) is 7.88. The summed E-state index contributed by atoms with van der Waals surface area (Å²) in [6.45, 7) is 2.77. The lowest BCUT2D eigenvalue weighted by molar-refractivity contribution is 0.317. The van der Waals surface area contributed by atoms with Crippen molar-refractivity contribution < 1.29 is 17.9 Å². The Balaban J connectivity index is 1.42. The van der Waals surface area contributed by atoms with Crippen molar-refractivity contribution in [3.05, 3.63) is 113 Å². The van der Waals surface area contributed by atoms with E-state index < -0.39 is 11.6 Å². The van der Waals surface area contributed by atoms with Gasteiger partial charge in [-0.2, -0.15) is 0 Å². The number of hydrogen-bond acceptors (Lipinski definition) is 1. The van der Waals surface area contributed by atoms with Crippen LogP contribution in [0.15, 0.2) is 72.8 Å². The molecule has 0 heterocycles. The van der Waals surface area contributed by atoms with E-state index >= 15 is 0 Å². The molecule has 0 aliphatic carbocycles. The minimum absolute atomic E-state index is 0.293. The summed E-state index contributed by atoms with van der Waals surface area (Å²) in [6, 6.07) is 20.4. The van der Waals surface area contributed by atoms with Crippen LogP contribution in [0.2, 0.25) is 0 Å². The highest BCUT2D eigenvalue weighted by Crippen LogP contribution is 2.20. The summed E-state index contributed by atoms with van der Waals surface area (Å²) in [6.07, 6.45) is 2.48. The van der Waals surface area contributed by atoms with Crippen LogP contribution < -0.4 is 4.74 Å². The van der Waals surface area contributed by atoms with Crippen molar-refractivity contribution in [1.29, 1.82) is 0 Å². The number of ether oxygens (including phenoxy) is 1. The van der Waals surface area contributed by atoms with Crippen molar-refractivity contribution in [1.82, 2.24) is 0 Å². The van der Waals surface area contributed by atoms with Crippen LogP contribution in [0.1, 0.15) is 35.6 Å². The van der Waals surface area contributed by atoms with Gasteiger partial charge in [-0.3, -0.25) is 0 Å². The molecule has 33 heavy (non-hydrogen) atoms. The zero-order valence-corrected chi connectivity index (χ0v) is 18.3. The molecule has 0 amide bonds. The standard InChI is InChI=1S/C29H23F3O/c1-2-15-33-26-13-8-20(9-14-26)3-4-22-6-11-23(27(30)17-22)10-5-21-7-12-24-18-28(31)29(32)19-25(24)16-21/h6-9,11-14,16-19H,2-4,15H2,1H3. The Morgan fingerprint density at radius 2 is 1.36 bits per heavy atom. The van der Waals surface area contributed by atoms with E-state index in [1.54, 1.807) is 24.3 Å². The predicted molar refractivity (Wildman–Crippen MR) is 126 cm³/mol. The molecule has 4 heteroatoms. The van der Waals surface area contributed by atoms with Gasteiger partial charge in [0.15, 0.2) is 11.6 Å². The largest absolute Gasteiger partial charge is 0.494 e. The molecule has 4 aromatic carbocycles. The van der Waals surface area contributed by atoms with Crippen molar-refractivity contribution in [2.75, 3.05) is 6.61 Å². The van der Waals surface area contributed by atoms with Crippen molar-refractivity contribution in [3.63, 3.8) is 0 Å². The van der Waals surface area contributed by atoms with Crippen LogP contribution in [-0.2, 0) is 12.8 Å². The fourth-order valence-electron chi connectivity index (χ4n) is 3.54. The topological polar surface area (TPSA) is 9.23 Å². The third kappa shape index (κ3) is 5.75. The van der Waals surface area contributed by atoms with Gasteiger partial charge in [-0.1, -0.05) is 43.0 Å². The van der Waals surface area contributed by atoms with E-state index in [9.17, 15) is 13.2 Å². The summed E-state index contributed by atoms with van der Waals surface area (Å²) in [7, 11) is 0. The molecule has 0 aliphatic rings. The number of halogens is 3. The lowest BCUT2D eigenvalue weighted by Gasteiger charge is -2.07. The minimum Gasteiger partial charge on any atom is -0.494 e. The molecule has 0 radical (unpaired) electrons. The maximum atomic E-state index is 14.6. The van der Waals surface area contributed by atoms with E-state index in [2.05, 4.69) is 18.8 Å². The number of aryl methyl sites for hydroxylation is 2. The molecule has 0 spiro atoms. The summed E-state index contributed by atoms with van der Waals surface area (Å²) < 4.78 is 47.0. The fourth-order valence-corrected chi connectivity index (χ4v) is 3.54. The molecule has 0 saturated heterocycles. The van der Waals surface area contributed by atoms with E-state index in [-0.39, 0.29) is 5.82 Å². The van der Waals surface area contributed by atoms with E-state index in [0.29, 0.717) is 34.9 Å². The molecule has 0 atom stereocenters. The zero-order chi connectivity index (χ0) is 23.2. The molecular formula is C29H23F3O. The molecule has 166 valence electrons. The molecule has 4 rings (SSSR count). The van der Waals surface area contributed by atoms with E-state index in [1.165, 1.54) is 6.07 Å². The first-order valence-corrected chi connectivity index (χ1v) is 10.9. The van der Waals surface area contributed by atoms with Gasteiger partial charge in [0.2, 0.25) is 0 Å². The van der Waals surface area contributed by atoms with Crippen LogP contribution in [0, 0.1) is 29.3 Å². The van der Waals surface area contributed by atoms with Gasteiger partial charge < -0.3 is 4.74 Å². The molecular weight excluding hydrogens is 421 g/mol. The number of fused-ring (bicyclic) bond motifs is 1. The summed E-state index contributed by atoms with van der Waals surface area (Å²) in [5.41, 5.74) is 2.95. The lowest BCUT2D eigenvalue weighted by atomic mass is 10.0. The Bertz CT molecular complexity index is 1330. The molecule has 0 fully saturated rings. The molecule has 0 aliphatic heterocycles. The highest BCUT2D eigenvalue weighted by molar-refractivity contribution is 5.84. The van der Waals surface area contributed by atoms with Crippen LogP contribution in [-0.4, -0.2) is 6.61 Å².